The molecule has 1 aliphatic heterocycles. The van der Waals surface area contributed by atoms with Gasteiger partial charge >= 0.3 is 0 Å². The van der Waals surface area contributed by atoms with Crippen molar-refractivity contribution in [3.8, 4) is 0 Å². The first kappa shape index (κ1) is 7.41. The lowest BCUT2D eigenvalue weighted by Gasteiger charge is -2.08. The van der Waals surface area contributed by atoms with E-state index in [0.717, 1.165) is 12.8 Å². The number of aryl methyl sites for hydroxylation is 2. The minimum atomic E-state index is 1.14. The Bertz CT molecular complexity index is 313. The normalized spacial score (nSPS) is 14.8. The van der Waals surface area contributed by atoms with Crippen LogP contribution in [0.1, 0.15) is 17.5 Å². The summed E-state index contributed by atoms with van der Waals surface area (Å²) in [7, 11) is 0. The average molecular weight is 159 g/mol. The highest BCUT2D eigenvalue weighted by Gasteiger charge is 2.04. The molecule has 62 valence electrons. The van der Waals surface area contributed by atoms with Crippen LogP contribution in [0.25, 0.3) is 0 Å². The molecule has 1 aliphatic rings. The lowest BCUT2D eigenvalue weighted by atomic mass is 10.0. The van der Waals surface area contributed by atoms with Crippen LogP contribution in [0.5, 0.6) is 0 Å². The van der Waals surface area contributed by atoms with Gasteiger partial charge in [0.05, 0.1) is 0 Å². The molecule has 1 N–H and O–H groups in total. The van der Waals surface area contributed by atoms with E-state index in [4.69, 9.17) is 0 Å². The lowest BCUT2D eigenvalue weighted by molar-refractivity contribution is 1.01. The van der Waals surface area contributed by atoms with Crippen molar-refractivity contribution in [1.82, 2.24) is 0 Å². The number of allylic oxidation sites excluding steroid dienone is 1. The van der Waals surface area contributed by atoms with E-state index < -0.39 is 0 Å². The molecule has 12 heavy (non-hydrogen) atoms. The third-order valence-electron chi connectivity index (χ3n) is 2.28. The Balaban J connectivity index is 2.48. The molecule has 0 saturated heterocycles. The van der Waals surface area contributed by atoms with Gasteiger partial charge in [-0.1, -0.05) is 24.3 Å². The number of benzene rings is 1. The summed E-state index contributed by atoms with van der Waals surface area (Å²) < 4.78 is 0. The van der Waals surface area contributed by atoms with Crippen molar-refractivity contribution >= 4 is 5.69 Å². The predicted octanol–water partition coefficient (Wildman–Crippen LogP) is 2.87. The van der Waals surface area contributed by atoms with Crippen LogP contribution in [0.2, 0.25) is 0 Å². The molecule has 0 aromatic heterocycles. The van der Waals surface area contributed by atoms with Gasteiger partial charge in [0.2, 0.25) is 0 Å². The van der Waals surface area contributed by atoms with E-state index in [1.165, 1.54) is 16.8 Å². The summed E-state index contributed by atoms with van der Waals surface area (Å²) in [5.74, 6) is 0. The number of hydrogen-bond acceptors (Lipinski definition) is 1. The lowest BCUT2D eigenvalue weighted by Crippen LogP contribution is -1.94. The summed E-state index contributed by atoms with van der Waals surface area (Å²) in [6.07, 6.45) is 6.52. The van der Waals surface area contributed by atoms with Crippen molar-refractivity contribution in [2.75, 3.05) is 5.32 Å². The first-order valence-electron chi connectivity index (χ1n) is 4.38. The molecule has 0 aliphatic carbocycles. The van der Waals surface area contributed by atoms with E-state index in [1.807, 2.05) is 6.20 Å². The van der Waals surface area contributed by atoms with Gasteiger partial charge in [-0.25, -0.2) is 0 Å². The van der Waals surface area contributed by atoms with Crippen molar-refractivity contribution in [2.45, 2.75) is 19.8 Å². The first-order chi connectivity index (χ1) is 5.88. The van der Waals surface area contributed by atoms with Crippen molar-refractivity contribution in [2.24, 2.45) is 0 Å². The smallest absolute Gasteiger partial charge is 0.0442 e. The highest BCUT2D eigenvalue weighted by atomic mass is 14.8. The molecule has 0 fully saturated rings. The van der Waals surface area contributed by atoms with Crippen LogP contribution in [0, 0.1) is 6.92 Å². The van der Waals surface area contributed by atoms with Crippen molar-refractivity contribution < 1.29 is 0 Å². The SMILES string of the molecule is Cc1cccc2c1NC=CCC2. The summed E-state index contributed by atoms with van der Waals surface area (Å²) in [5, 5.41) is 3.31. The fourth-order valence-corrected chi connectivity index (χ4v) is 1.61. The van der Waals surface area contributed by atoms with Gasteiger partial charge in [-0.15, -0.1) is 0 Å². The molecule has 2 rings (SSSR count). The predicted molar refractivity (Wildman–Crippen MR) is 52.3 cm³/mol. The Kier molecular flexibility index (Phi) is 1.86. The van der Waals surface area contributed by atoms with E-state index in [1.54, 1.807) is 0 Å². The second kappa shape index (κ2) is 3.02. The van der Waals surface area contributed by atoms with Gasteiger partial charge in [0, 0.05) is 5.69 Å². The summed E-state index contributed by atoms with van der Waals surface area (Å²) >= 11 is 0. The summed E-state index contributed by atoms with van der Waals surface area (Å²) in [6.45, 7) is 2.14. The first-order valence-corrected chi connectivity index (χ1v) is 4.38. The zero-order chi connectivity index (χ0) is 8.39. The Labute approximate surface area is 73.1 Å². The molecular formula is C11H13N. The van der Waals surface area contributed by atoms with Crippen LogP contribution in [-0.2, 0) is 6.42 Å². The van der Waals surface area contributed by atoms with Gasteiger partial charge in [0.1, 0.15) is 0 Å². The van der Waals surface area contributed by atoms with Crippen molar-refractivity contribution in [3.63, 3.8) is 0 Å². The second-order valence-corrected chi connectivity index (χ2v) is 3.19. The second-order valence-electron chi connectivity index (χ2n) is 3.19. The molecule has 1 aromatic carbocycles. The number of hydrogen-bond donors (Lipinski definition) is 1. The molecular weight excluding hydrogens is 146 g/mol. The monoisotopic (exact) mass is 159 g/mol. The maximum atomic E-state index is 3.31. The van der Waals surface area contributed by atoms with E-state index in [2.05, 4.69) is 36.5 Å². The molecule has 0 spiro atoms. The fourth-order valence-electron chi connectivity index (χ4n) is 1.61. The summed E-state index contributed by atoms with van der Waals surface area (Å²) in [4.78, 5) is 0. The molecule has 1 heterocycles. The highest BCUT2D eigenvalue weighted by molar-refractivity contribution is 5.59. The van der Waals surface area contributed by atoms with Gasteiger partial charge in [0.15, 0.2) is 0 Å². The molecule has 0 saturated carbocycles. The topological polar surface area (TPSA) is 12.0 Å². The van der Waals surface area contributed by atoms with Crippen LogP contribution in [0.15, 0.2) is 30.5 Å². The number of rotatable bonds is 0. The zero-order valence-electron chi connectivity index (χ0n) is 7.30. The minimum Gasteiger partial charge on any atom is -0.362 e. The Morgan fingerprint density at radius 1 is 1.33 bits per heavy atom. The molecule has 0 bridgehead atoms. The number of para-hydroxylation sites is 1. The Morgan fingerprint density at radius 3 is 3.17 bits per heavy atom. The Morgan fingerprint density at radius 2 is 2.25 bits per heavy atom. The van der Waals surface area contributed by atoms with E-state index in [0.29, 0.717) is 0 Å². The molecule has 0 amide bonds. The third kappa shape index (κ3) is 1.22. The van der Waals surface area contributed by atoms with Crippen LogP contribution >= 0.6 is 0 Å². The molecule has 0 radical (unpaired) electrons. The van der Waals surface area contributed by atoms with Gasteiger partial charge in [-0.2, -0.15) is 0 Å². The molecule has 0 unspecified atom stereocenters. The van der Waals surface area contributed by atoms with Crippen molar-refractivity contribution in [3.05, 3.63) is 41.6 Å². The number of anilines is 1. The van der Waals surface area contributed by atoms with E-state index in [9.17, 15) is 0 Å². The number of nitrogens with one attached hydrogen (secondary N) is 1. The maximum absolute atomic E-state index is 3.31. The van der Waals surface area contributed by atoms with Crippen molar-refractivity contribution in [1.29, 1.82) is 0 Å². The fraction of sp³-hybridized carbons (Fsp3) is 0.273. The standard InChI is InChI=1S/C11H13N/c1-9-5-4-7-10-6-2-3-8-12-11(9)10/h3-5,7-8,12H,2,6H2,1H3. The van der Waals surface area contributed by atoms with Crippen LogP contribution in [-0.4, -0.2) is 0 Å². The zero-order valence-corrected chi connectivity index (χ0v) is 7.30. The summed E-state index contributed by atoms with van der Waals surface area (Å²) in [6, 6.07) is 6.47. The molecule has 1 nitrogen and oxygen atoms in total. The third-order valence-corrected chi connectivity index (χ3v) is 2.28. The minimum absolute atomic E-state index is 1.14. The Hall–Kier alpha value is -1.24. The van der Waals surface area contributed by atoms with Gasteiger partial charge < -0.3 is 5.32 Å². The quantitative estimate of drug-likeness (QED) is 0.613. The maximum Gasteiger partial charge on any atom is 0.0442 e. The summed E-state index contributed by atoms with van der Waals surface area (Å²) in [5.41, 5.74) is 4.06. The van der Waals surface area contributed by atoms with E-state index >= 15 is 0 Å². The van der Waals surface area contributed by atoms with Gasteiger partial charge in [0.25, 0.3) is 0 Å². The van der Waals surface area contributed by atoms with E-state index in [-0.39, 0.29) is 0 Å². The van der Waals surface area contributed by atoms with Crippen LogP contribution < -0.4 is 5.32 Å². The van der Waals surface area contributed by atoms with Gasteiger partial charge in [-0.3, -0.25) is 0 Å². The van der Waals surface area contributed by atoms with Gasteiger partial charge in [-0.05, 0) is 37.1 Å². The number of fused-ring (bicyclic) bond motifs is 1. The average Bonchev–Trinajstić information content (AvgIpc) is 2.30. The van der Waals surface area contributed by atoms with Crippen LogP contribution in [0.4, 0.5) is 5.69 Å². The molecule has 0 atom stereocenters. The largest absolute Gasteiger partial charge is 0.362 e. The highest BCUT2D eigenvalue weighted by Crippen LogP contribution is 2.23. The van der Waals surface area contributed by atoms with Crippen LogP contribution in [0.3, 0.4) is 0 Å². The molecule has 1 aromatic rings. The molecule has 1 heteroatoms.